The number of anilines is 1. The van der Waals surface area contributed by atoms with E-state index < -0.39 is 0 Å². The molecule has 2 rings (SSSR count). The summed E-state index contributed by atoms with van der Waals surface area (Å²) in [6.45, 7) is 8.64. The van der Waals surface area contributed by atoms with Crippen molar-refractivity contribution in [2.45, 2.75) is 20.0 Å². The van der Waals surface area contributed by atoms with Gasteiger partial charge in [-0.1, -0.05) is 0 Å². The van der Waals surface area contributed by atoms with Gasteiger partial charge in [0.05, 0.1) is 33.0 Å². The predicted octanol–water partition coefficient (Wildman–Crippen LogP) is 1.80. The van der Waals surface area contributed by atoms with Gasteiger partial charge in [0.25, 0.3) is 0 Å². The minimum Gasteiger partial charge on any atom is -0.493 e. The average Bonchev–Trinajstić information content (AvgIpc) is 2.61. The van der Waals surface area contributed by atoms with Crippen molar-refractivity contribution >= 4 is 11.6 Å². The number of likely N-dealkylation sites (N-methyl/N-ethyl adjacent to an activating group) is 1. The lowest BCUT2D eigenvalue weighted by molar-refractivity contribution is -0.0136. The highest BCUT2D eigenvalue weighted by atomic mass is 16.5. The average molecular weight is 350 g/mol. The van der Waals surface area contributed by atoms with Crippen LogP contribution in [0.4, 0.5) is 5.69 Å². The summed E-state index contributed by atoms with van der Waals surface area (Å²) in [6.07, 6.45) is 0.129. The van der Waals surface area contributed by atoms with Crippen LogP contribution in [0, 0.1) is 0 Å². The molecule has 0 radical (unpaired) electrons. The number of hydrogen-bond acceptors (Lipinski definition) is 5. The molecule has 1 unspecified atom stereocenters. The second kappa shape index (κ2) is 10.1. The highest BCUT2D eigenvalue weighted by Gasteiger charge is 2.17. The van der Waals surface area contributed by atoms with E-state index in [2.05, 4.69) is 27.6 Å². The van der Waals surface area contributed by atoms with Crippen LogP contribution in [0.25, 0.3) is 0 Å². The summed E-state index contributed by atoms with van der Waals surface area (Å²) in [5, 5.41) is 6.57. The number of morpholine rings is 1. The Labute approximate surface area is 150 Å². The number of hydrogen-bond donors (Lipinski definition) is 2. The lowest BCUT2D eigenvalue weighted by atomic mass is 10.2. The van der Waals surface area contributed by atoms with Crippen LogP contribution in [-0.2, 0) is 4.74 Å². The van der Waals surface area contributed by atoms with Crippen molar-refractivity contribution < 1.29 is 14.2 Å². The summed E-state index contributed by atoms with van der Waals surface area (Å²) in [5.41, 5.74) is 0.890. The van der Waals surface area contributed by atoms with Gasteiger partial charge >= 0.3 is 0 Å². The molecule has 1 aromatic rings. The zero-order valence-corrected chi connectivity index (χ0v) is 15.7. The van der Waals surface area contributed by atoms with Crippen LogP contribution in [0.3, 0.4) is 0 Å². The molecule has 1 aromatic carbocycles. The fourth-order valence-corrected chi connectivity index (χ4v) is 2.63. The molecule has 140 valence electrons. The SMILES string of the molecule is CCNC(=NCC1CN(C)CCO1)Nc1ccc(OCC)c(OC)c1. The van der Waals surface area contributed by atoms with Crippen LogP contribution in [0.2, 0.25) is 0 Å². The topological polar surface area (TPSA) is 67.4 Å². The third-order valence-electron chi connectivity index (χ3n) is 3.87. The smallest absolute Gasteiger partial charge is 0.195 e. The molecule has 1 aliphatic rings. The van der Waals surface area contributed by atoms with Gasteiger partial charge in [-0.2, -0.15) is 0 Å². The number of benzene rings is 1. The lowest BCUT2D eigenvalue weighted by Crippen LogP contribution is -2.42. The standard InChI is InChI=1S/C18H30N4O3/c1-5-19-18(20-12-15-13-22(3)9-10-25-15)21-14-7-8-16(24-6-2)17(11-14)23-4/h7-8,11,15H,5-6,9-10,12-13H2,1-4H3,(H2,19,20,21). The maximum absolute atomic E-state index is 5.77. The van der Waals surface area contributed by atoms with Crippen molar-refractivity contribution in [2.75, 3.05) is 58.9 Å². The second-order valence-electron chi connectivity index (χ2n) is 5.90. The van der Waals surface area contributed by atoms with Gasteiger partial charge in [-0.25, -0.2) is 0 Å². The van der Waals surface area contributed by atoms with Gasteiger partial charge in [-0.3, -0.25) is 4.99 Å². The highest BCUT2D eigenvalue weighted by Crippen LogP contribution is 2.30. The van der Waals surface area contributed by atoms with Crippen LogP contribution >= 0.6 is 0 Å². The lowest BCUT2D eigenvalue weighted by Gasteiger charge is -2.29. The van der Waals surface area contributed by atoms with Crippen molar-refractivity contribution in [3.05, 3.63) is 18.2 Å². The van der Waals surface area contributed by atoms with E-state index in [9.17, 15) is 0 Å². The zero-order chi connectivity index (χ0) is 18.1. The molecule has 25 heavy (non-hydrogen) atoms. The summed E-state index contributed by atoms with van der Waals surface area (Å²) in [4.78, 5) is 6.92. The quantitative estimate of drug-likeness (QED) is 0.577. The molecule has 1 aliphatic heterocycles. The van der Waals surface area contributed by atoms with E-state index in [1.807, 2.05) is 32.0 Å². The molecule has 0 amide bonds. The number of aliphatic imine (C=N–C) groups is 1. The molecular weight excluding hydrogens is 320 g/mol. The molecular formula is C18H30N4O3. The molecule has 7 nitrogen and oxygen atoms in total. The molecule has 7 heteroatoms. The summed E-state index contributed by atoms with van der Waals surface area (Å²) in [7, 11) is 3.74. The predicted molar refractivity (Wildman–Crippen MR) is 101 cm³/mol. The van der Waals surface area contributed by atoms with E-state index in [4.69, 9.17) is 14.2 Å². The maximum atomic E-state index is 5.77. The van der Waals surface area contributed by atoms with Crippen LogP contribution < -0.4 is 20.1 Å². The first-order chi connectivity index (χ1) is 12.2. The van der Waals surface area contributed by atoms with Crippen molar-refractivity contribution in [3.63, 3.8) is 0 Å². The van der Waals surface area contributed by atoms with E-state index in [1.54, 1.807) is 7.11 Å². The zero-order valence-electron chi connectivity index (χ0n) is 15.7. The monoisotopic (exact) mass is 350 g/mol. The fourth-order valence-electron chi connectivity index (χ4n) is 2.63. The first-order valence-corrected chi connectivity index (χ1v) is 8.82. The number of nitrogens with zero attached hydrogens (tertiary/aromatic N) is 2. The van der Waals surface area contributed by atoms with Crippen molar-refractivity contribution in [1.29, 1.82) is 0 Å². The van der Waals surface area contributed by atoms with Crippen LogP contribution in [0.15, 0.2) is 23.2 Å². The normalized spacial score (nSPS) is 18.7. The number of guanidine groups is 1. The summed E-state index contributed by atoms with van der Waals surface area (Å²) >= 11 is 0. The number of methoxy groups -OCH3 is 1. The largest absolute Gasteiger partial charge is 0.493 e. The van der Waals surface area contributed by atoms with Crippen molar-refractivity contribution in [1.82, 2.24) is 10.2 Å². The van der Waals surface area contributed by atoms with Crippen LogP contribution in [-0.4, -0.2) is 70.5 Å². The molecule has 1 heterocycles. The molecule has 0 saturated carbocycles. The van der Waals surface area contributed by atoms with E-state index in [0.29, 0.717) is 18.9 Å². The number of nitrogens with one attached hydrogen (secondary N) is 2. The first-order valence-electron chi connectivity index (χ1n) is 8.82. The van der Waals surface area contributed by atoms with Crippen LogP contribution in [0.1, 0.15) is 13.8 Å². The van der Waals surface area contributed by atoms with Crippen molar-refractivity contribution in [3.8, 4) is 11.5 Å². The van der Waals surface area contributed by atoms with Gasteiger partial charge in [-0.15, -0.1) is 0 Å². The number of ether oxygens (including phenoxy) is 3. The molecule has 0 bridgehead atoms. The Bertz CT molecular complexity index is 565. The van der Waals surface area contributed by atoms with E-state index in [-0.39, 0.29) is 6.10 Å². The third-order valence-corrected chi connectivity index (χ3v) is 3.87. The number of rotatable bonds is 7. The van der Waals surface area contributed by atoms with E-state index in [1.165, 1.54) is 0 Å². The second-order valence-corrected chi connectivity index (χ2v) is 5.90. The minimum atomic E-state index is 0.129. The Balaban J connectivity index is 2.03. The fraction of sp³-hybridized carbons (Fsp3) is 0.611. The molecule has 1 atom stereocenters. The maximum Gasteiger partial charge on any atom is 0.195 e. The van der Waals surface area contributed by atoms with Gasteiger partial charge in [0, 0.05) is 31.4 Å². The molecule has 0 aromatic heterocycles. The van der Waals surface area contributed by atoms with Gasteiger partial charge < -0.3 is 29.7 Å². The minimum absolute atomic E-state index is 0.129. The van der Waals surface area contributed by atoms with Gasteiger partial charge in [0.1, 0.15) is 0 Å². The van der Waals surface area contributed by atoms with Gasteiger partial charge in [-0.05, 0) is 33.0 Å². The summed E-state index contributed by atoms with van der Waals surface area (Å²) in [6, 6.07) is 5.75. The Morgan fingerprint density at radius 2 is 2.20 bits per heavy atom. The molecule has 1 fully saturated rings. The van der Waals surface area contributed by atoms with Gasteiger partial charge in [0.2, 0.25) is 0 Å². The van der Waals surface area contributed by atoms with E-state index >= 15 is 0 Å². The molecule has 0 aliphatic carbocycles. The van der Waals surface area contributed by atoms with Crippen molar-refractivity contribution in [2.24, 2.45) is 4.99 Å². The Hall–Kier alpha value is -1.99. The van der Waals surface area contributed by atoms with Crippen LogP contribution in [0.5, 0.6) is 11.5 Å². The van der Waals surface area contributed by atoms with Gasteiger partial charge in [0.15, 0.2) is 17.5 Å². The summed E-state index contributed by atoms with van der Waals surface area (Å²) < 4.78 is 16.7. The third kappa shape index (κ3) is 6.10. The highest BCUT2D eigenvalue weighted by molar-refractivity contribution is 5.93. The van der Waals surface area contributed by atoms with E-state index in [0.717, 1.165) is 43.6 Å². The molecule has 0 spiro atoms. The first kappa shape index (κ1) is 19.3. The Kier molecular flexibility index (Phi) is 7.81. The molecule has 2 N–H and O–H groups in total. The Morgan fingerprint density at radius 1 is 1.36 bits per heavy atom. The Morgan fingerprint density at radius 3 is 2.88 bits per heavy atom. The molecule has 1 saturated heterocycles. The summed E-state index contributed by atoms with van der Waals surface area (Å²) in [5.74, 6) is 2.15.